The second kappa shape index (κ2) is 4.98. The molecular weight excluding hydrogens is 182 g/mol. The van der Waals surface area contributed by atoms with Gasteiger partial charge in [-0.05, 0) is 25.7 Å². The molecular formula is C10H17NO3. The van der Waals surface area contributed by atoms with Gasteiger partial charge in [0, 0.05) is 6.04 Å². The maximum absolute atomic E-state index is 11.2. The summed E-state index contributed by atoms with van der Waals surface area (Å²) in [5, 5.41) is 2.66. The number of nitrogens with one attached hydrogen (secondary N) is 1. The number of hydrogen-bond donors (Lipinski definition) is 1. The number of amides is 1. The van der Waals surface area contributed by atoms with Gasteiger partial charge in [0.1, 0.15) is 0 Å². The molecule has 0 heterocycles. The van der Waals surface area contributed by atoms with E-state index in [-0.39, 0.29) is 6.04 Å². The van der Waals surface area contributed by atoms with Gasteiger partial charge < -0.3 is 10.1 Å². The minimum atomic E-state index is -0.810. The molecule has 1 aliphatic rings. The van der Waals surface area contributed by atoms with Gasteiger partial charge in [-0.3, -0.25) is 4.79 Å². The summed E-state index contributed by atoms with van der Waals surface area (Å²) in [5.74, 6) is -0.926. The molecule has 1 rings (SSSR count). The Bertz CT molecular complexity index is 221. The van der Waals surface area contributed by atoms with Crippen LogP contribution in [-0.2, 0) is 14.3 Å². The van der Waals surface area contributed by atoms with Crippen LogP contribution in [0.15, 0.2) is 0 Å². The number of rotatable bonds is 2. The monoisotopic (exact) mass is 199 g/mol. The van der Waals surface area contributed by atoms with Gasteiger partial charge in [0.15, 0.2) is 0 Å². The summed E-state index contributed by atoms with van der Waals surface area (Å²) in [6, 6.07) is 0.0732. The summed E-state index contributed by atoms with van der Waals surface area (Å²) in [5.41, 5.74) is 0. The fourth-order valence-corrected chi connectivity index (χ4v) is 1.93. The first-order chi connectivity index (χ1) is 6.65. The van der Waals surface area contributed by atoms with E-state index in [4.69, 9.17) is 0 Å². The summed E-state index contributed by atoms with van der Waals surface area (Å²) in [6.45, 7) is 1.94. The Morgan fingerprint density at radius 2 is 1.93 bits per heavy atom. The highest BCUT2D eigenvalue weighted by Crippen LogP contribution is 2.27. The fourth-order valence-electron chi connectivity index (χ4n) is 1.93. The molecule has 80 valence electrons. The molecule has 1 fully saturated rings. The Labute approximate surface area is 84.0 Å². The van der Waals surface area contributed by atoms with Gasteiger partial charge in [0.05, 0.1) is 7.11 Å². The van der Waals surface area contributed by atoms with Crippen LogP contribution in [0.1, 0.15) is 32.6 Å². The Kier molecular flexibility index (Phi) is 3.92. The highest BCUT2D eigenvalue weighted by Gasteiger charge is 2.25. The quantitative estimate of drug-likeness (QED) is 0.530. The Balaban J connectivity index is 2.35. The Hall–Kier alpha value is -1.06. The van der Waals surface area contributed by atoms with Gasteiger partial charge in [0.2, 0.25) is 0 Å². The lowest BCUT2D eigenvalue weighted by Gasteiger charge is -2.19. The SMILES string of the molecule is COC(=O)C(=O)NC(C)C1CCCC1. The Morgan fingerprint density at radius 1 is 1.36 bits per heavy atom. The summed E-state index contributed by atoms with van der Waals surface area (Å²) < 4.78 is 4.32. The van der Waals surface area contributed by atoms with E-state index in [1.54, 1.807) is 0 Å². The van der Waals surface area contributed by atoms with E-state index in [2.05, 4.69) is 10.1 Å². The molecule has 0 aromatic rings. The van der Waals surface area contributed by atoms with Crippen LogP contribution in [0.25, 0.3) is 0 Å². The van der Waals surface area contributed by atoms with Crippen LogP contribution in [-0.4, -0.2) is 25.0 Å². The highest BCUT2D eigenvalue weighted by atomic mass is 16.5. The van der Waals surface area contributed by atoms with Crippen LogP contribution in [0.5, 0.6) is 0 Å². The van der Waals surface area contributed by atoms with Crippen LogP contribution in [0, 0.1) is 5.92 Å². The van der Waals surface area contributed by atoms with Gasteiger partial charge in [-0.25, -0.2) is 4.79 Å². The van der Waals surface area contributed by atoms with Crippen LogP contribution >= 0.6 is 0 Å². The predicted octanol–water partition coefficient (Wildman–Crippen LogP) is 0.854. The number of ether oxygens (including phenoxy) is 1. The van der Waals surface area contributed by atoms with E-state index in [1.165, 1.54) is 20.0 Å². The van der Waals surface area contributed by atoms with Gasteiger partial charge in [-0.2, -0.15) is 0 Å². The minimum Gasteiger partial charge on any atom is -0.462 e. The highest BCUT2D eigenvalue weighted by molar-refractivity contribution is 6.32. The zero-order valence-corrected chi connectivity index (χ0v) is 8.71. The van der Waals surface area contributed by atoms with Gasteiger partial charge in [-0.1, -0.05) is 12.8 Å². The van der Waals surface area contributed by atoms with Crippen LogP contribution in [0.3, 0.4) is 0 Å². The van der Waals surface area contributed by atoms with Crippen molar-refractivity contribution in [1.29, 1.82) is 0 Å². The molecule has 1 aliphatic carbocycles. The molecule has 0 aromatic heterocycles. The molecule has 14 heavy (non-hydrogen) atoms. The van der Waals surface area contributed by atoms with Crippen LogP contribution in [0.2, 0.25) is 0 Å². The first-order valence-electron chi connectivity index (χ1n) is 5.04. The van der Waals surface area contributed by atoms with Crippen molar-refractivity contribution in [3.05, 3.63) is 0 Å². The number of carbonyl (C=O) groups is 2. The van der Waals surface area contributed by atoms with Gasteiger partial charge in [0.25, 0.3) is 0 Å². The lowest BCUT2D eigenvalue weighted by molar-refractivity contribution is -0.153. The number of hydrogen-bond acceptors (Lipinski definition) is 3. The normalized spacial score (nSPS) is 19.0. The molecule has 1 saturated carbocycles. The number of carbonyl (C=O) groups excluding carboxylic acids is 2. The first-order valence-corrected chi connectivity index (χ1v) is 5.04. The van der Waals surface area contributed by atoms with Gasteiger partial charge >= 0.3 is 11.9 Å². The minimum absolute atomic E-state index is 0.0732. The van der Waals surface area contributed by atoms with E-state index in [1.807, 2.05) is 6.92 Å². The maximum atomic E-state index is 11.2. The van der Waals surface area contributed by atoms with E-state index in [0.29, 0.717) is 5.92 Å². The largest absolute Gasteiger partial charge is 0.462 e. The molecule has 0 aliphatic heterocycles. The molecule has 1 N–H and O–H groups in total. The molecule has 0 bridgehead atoms. The van der Waals surface area contributed by atoms with E-state index in [9.17, 15) is 9.59 Å². The third-order valence-electron chi connectivity index (χ3n) is 2.84. The maximum Gasteiger partial charge on any atom is 0.396 e. The van der Waals surface area contributed by atoms with E-state index >= 15 is 0 Å². The second-order valence-electron chi connectivity index (χ2n) is 3.80. The molecule has 0 aromatic carbocycles. The molecule has 0 saturated heterocycles. The van der Waals surface area contributed by atoms with E-state index < -0.39 is 11.9 Å². The van der Waals surface area contributed by atoms with Crippen molar-refractivity contribution in [3.8, 4) is 0 Å². The summed E-state index contributed by atoms with van der Waals surface area (Å²) in [7, 11) is 1.21. The average Bonchev–Trinajstić information content (AvgIpc) is 2.69. The third kappa shape index (κ3) is 2.72. The topological polar surface area (TPSA) is 55.4 Å². The van der Waals surface area contributed by atoms with Crippen molar-refractivity contribution in [3.63, 3.8) is 0 Å². The zero-order valence-electron chi connectivity index (χ0n) is 8.71. The smallest absolute Gasteiger partial charge is 0.396 e. The summed E-state index contributed by atoms with van der Waals surface area (Å²) in [4.78, 5) is 22.0. The zero-order chi connectivity index (χ0) is 10.6. The van der Waals surface area contributed by atoms with Crippen molar-refractivity contribution in [2.24, 2.45) is 5.92 Å². The fraction of sp³-hybridized carbons (Fsp3) is 0.800. The molecule has 0 radical (unpaired) electrons. The van der Waals surface area contributed by atoms with Crippen molar-refractivity contribution in [2.45, 2.75) is 38.6 Å². The molecule has 1 amide bonds. The standard InChI is InChI=1S/C10H17NO3/c1-7(8-5-3-4-6-8)11-9(12)10(13)14-2/h7-8H,3-6H2,1-2H3,(H,11,12). The molecule has 0 spiro atoms. The third-order valence-corrected chi connectivity index (χ3v) is 2.84. The van der Waals surface area contributed by atoms with Crippen molar-refractivity contribution in [1.82, 2.24) is 5.32 Å². The van der Waals surface area contributed by atoms with Crippen LogP contribution in [0.4, 0.5) is 0 Å². The van der Waals surface area contributed by atoms with Crippen molar-refractivity contribution >= 4 is 11.9 Å². The van der Waals surface area contributed by atoms with E-state index in [0.717, 1.165) is 12.8 Å². The molecule has 1 unspecified atom stereocenters. The Morgan fingerprint density at radius 3 is 2.43 bits per heavy atom. The summed E-state index contributed by atoms with van der Waals surface area (Å²) >= 11 is 0. The molecule has 4 nitrogen and oxygen atoms in total. The van der Waals surface area contributed by atoms with Gasteiger partial charge in [-0.15, -0.1) is 0 Å². The van der Waals surface area contributed by atoms with Crippen LogP contribution < -0.4 is 5.32 Å². The molecule has 4 heteroatoms. The number of esters is 1. The van der Waals surface area contributed by atoms with Crippen molar-refractivity contribution in [2.75, 3.05) is 7.11 Å². The lowest BCUT2D eigenvalue weighted by atomic mass is 10.00. The van der Waals surface area contributed by atoms with Crippen molar-refractivity contribution < 1.29 is 14.3 Å². The first kappa shape index (κ1) is 11.0. The predicted molar refractivity (Wildman–Crippen MR) is 51.6 cm³/mol. The second-order valence-corrected chi connectivity index (χ2v) is 3.80. The number of methoxy groups -OCH3 is 1. The molecule has 1 atom stereocenters. The lowest BCUT2D eigenvalue weighted by Crippen LogP contribution is -2.41. The average molecular weight is 199 g/mol. The summed E-state index contributed by atoms with van der Waals surface area (Å²) in [6.07, 6.45) is 4.73.